The predicted octanol–water partition coefficient (Wildman–Crippen LogP) is 1.93. The largest absolute Gasteiger partial charge is 0.236 e. The Morgan fingerprint density at radius 3 is 3.00 bits per heavy atom. The van der Waals surface area contributed by atoms with Gasteiger partial charge >= 0.3 is 0 Å². The second-order valence-electron chi connectivity index (χ2n) is 3.02. The lowest BCUT2D eigenvalue weighted by atomic mass is 10.1. The van der Waals surface area contributed by atoms with E-state index in [9.17, 15) is 0 Å². The highest BCUT2D eigenvalue weighted by Crippen LogP contribution is 2.13. The zero-order chi connectivity index (χ0) is 8.39. The maximum Gasteiger partial charge on any atom is 0.236 e. The average molecular weight is 161 g/mol. The molecule has 0 unspecified atom stereocenters. The van der Waals surface area contributed by atoms with Gasteiger partial charge in [0.15, 0.2) is 0 Å². The van der Waals surface area contributed by atoms with E-state index in [0.29, 0.717) is 0 Å². The Bertz CT molecular complexity index is 376. The molecule has 2 aromatic rings. The first-order valence-electron chi connectivity index (χ1n) is 4.39. The molecule has 0 atom stereocenters. The Balaban J connectivity index is 2.55. The molecule has 2 N–H and O–H groups in total. The lowest BCUT2D eigenvalue weighted by Crippen LogP contribution is -2.01. The van der Waals surface area contributed by atoms with Crippen LogP contribution < -0.4 is 5.10 Å². The number of aryl methyl sites for hydroxylation is 1. The zero-order valence-electron chi connectivity index (χ0n) is 7.22. The average Bonchev–Trinajstić information content (AvgIpc) is 2.50. The molecule has 0 fully saturated rings. The normalized spacial score (nSPS) is 10.8. The Morgan fingerprint density at radius 1 is 1.33 bits per heavy atom. The van der Waals surface area contributed by atoms with Crippen molar-refractivity contribution >= 4 is 10.9 Å². The van der Waals surface area contributed by atoms with Gasteiger partial charge in [0.1, 0.15) is 0 Å². The van der Waals surface area contributed by atoms with Crippen molar-refractivity contribution in [3.8, 4) is 0 Å². The van der Waals surface area contributed by atoms with Crippen molar-refractivity contribution in [2.24, 2.45) is 0 Å². The molecule has 2 rings (SSSR count). The Kier molecular flexibility index (Phi) is 1.82. The maximum absolute atomic E-state index is 3.19. The molecule has 0 saturated carbocycles. The summed E-state index contributed by atoms with van der Waals surface area (Å²) in [5, 5.41) is 7.66. The lowest BCUT2D eigenvalue weighted by Gasteiger charge is -1.88. The molecule has 1 heterocycles. The quantitative estimate of drug-likeness (QED) is 0.697. The van der Waals surface area contributed by atoms with Crippen molar-refractivity contribution in [1.29, 1.82) is 0 Å². The van der Waals surface area contributed by atoms with Gasteiger partial charge in [-0.15, -0.1) is 5.10 Å². The first-order valence-corrected chi connectivity index (χ1v) is 4.39. The van der Waals surface area contributed by atoms with Crippen LogP contribution in [0.15, 0.2) is 24.3 Å². The smallest absolute Gasteiger partial charge is 0.171 e. The summed E-state index contributed by atoms with van der Waals surface area (Å²) in [6.07, 6.45) is 2.29. The van der Waals surface area contributed by atoms with Crippen LogP contribution in [0.2, 0.25) is 0 Å². The van der Waals surface area contributed by atoms with Crippen molar-refractivity contribution in [2.45, 2.75) is 19.8 Å². The molecular formula is C10H13N2+. The number of para-hydroxylation sites is 1. The summed E-state index contributed by atoms with van der Waals surface area (Å²) in [4.78, 5) is 0. The highest BCUT2D eigenvalue weighted by Gasteiger charge is 2.06. The van der Waals surface area contributed by atoms with Crippen LogP contribution >= 0.6 is 0 Å². The molecule has 0 aliphatic carbocycles. The van der Waals surface area contributed by atoms with Crippen LogP contribution in [0.1, 0.15) is 19.0 Å². The van der Waals surface area contributed by atoms with Crippen LogP contribution in [-0.2, 0) is 6.42 Å². The van der Waals surface area contributed by atoms with Gasteiger partial charge in [-0.1, -0.05) is 25.5 Å². The van der Waals surface area contributed by atoms with Gasteiger partial charge in [-0.2, -0.15) is 5.10 Å². The van der Waals surface area contributed by atoms with E-state index in [1.165, 1.54) is 23.0 Å². The van der Waals surface area contributed by atoms with E-state index in [-0.39, 0.29) is 0 Å². The van der Waals surface area contributed by atoms with E-state index >= 15 is 0 Å². The summed E-state index contributed by atoms with van der Waals surface area (Å²) in [6, 6.07) is 8.35. The Labute approximate surface area is 71.6 Å². The van der Waals surface area contributed by atoms with Gasteiger partial charge < -0.3 is 0 Å². The van der Waals surface area contributed by atoms with Gasteiger partial charge in [-0.25, -0.2) is 0 Å². The van der Waals surface area contributed by atoms with Crippen LogP contribution in [0.4, 0.5) is 0 Å². The third-order valence-corrected chi connectivity index (χ3v) is 2.10. The first kappa shape index (κ1) is 7.35. The van der Waals surface area contributed by atoms with Crippen molar-refractivity contribution in [3.05, 3.63) is 30.0 Å². The van der Waals surface area contributed by atoms with Crippen LogP contribution in [0.25, 0.3) is 10.9 Å². The standard InChI is InChI=1S/C10H12N2/c1-2-5-9-8-6-3-4-7-10(8)12-11-9/h3-4,6-7H,2,5H2,1H3,(H,11,12)/p+1. The van der Waals surface area contributed by atoms with Gasteiger partial charge in [0.05, 0.1) is 11.1 Å². The number of hydrogen-bond donors (Lipinski definition) is 1. The molecule has 0 spiro atoms. The van der Waals surface area contributed by atoms with Crippen LogP contribution in [0.5, 0.6) is 0 Å². The van der Waals surface area contributed by atoms with E-state index in [1.54, 1.807) is 0 Å². The highest BCUT2D eigenvalue weighted by molar-refractivity contribution is 5.77. The number of aromatic nitrogens is 2. The monoisotopic (exact) mass is 161 g/mol. The van der Waals surface area contributed by atoms with Gasteiger partial charge in [0, 0.05) is 6.07 Å². The Hall–Kier alpha value is -1.31. The Morgan fingerprint density at radius 2 is 2.17 bits per heavy atom. The molecular weight excluding hydrogens is 148 g/mol. The van der Waals surface area contributed by atoms with Crippen LogP contribution in [0.3, 0.4) is 0 Å². The van der Waals surface area contributed by atoms with E-state index in [0.717, 1.165) is 6.42 Å². The third kappa shape index (κ3) is 1.09. The minimum absolute atomic E-state index is 1.12. The van der Waals surface area contributed by atoms with E-state index in [2.05, 4.69) is 35.3 Å². The molecule has 12 heavy (non-hydrogen) atoms. The summed E-state index contributed by atoms with van der Waals surface area (Å²) in [6.45, 7) is 2.19. The van der Waals surface area contributed by atoms with Crippen molar-refractivity contribution < 1.29 is 5.10 Å². The fourth-order valence-electron chi connectivity index (χ4n) is 1.51. The molecule has 2 nitrogen and oxygen atoms in total. The molecule has 1 aromatic heterocycles. The number of H-pyrrole nitrogens is 2. The predicted molar refractivity (Wildman–Crippen MR) is 48.8 cm³/mol. The van der Waals surface area contributed by atoms with Gasteiger partial charge in [-0.05, 0) is 12.5 Å². The van der Waals surface area contributed by atoms with E-state index < -0.39 is 0 Å². The summed E-state index contributed by atoms with van der Waals surface area (Å²) in [5.41, 5.74) is 2.51. The number of hydrogen-bond acceptors (Lipinski definition) is 0. The van der Waals surface area contributed by atoms with Crippen molar-refractivity contribution in [3.63, 3.8) is 0 Å². The molecule has 0 bridgehead atoms. The number of rotatable bonds is 2. The van der Waals surface area contributed by atoms with Crippen LogP contribution in [-0.4, -0.2) is 5.10 Å². The van der Waals surface area contributed by atoms with Crippen molar-refractivity contribution in [2.75, 3.05) is 0 Å². The van der Waals surface area contributed by atoms with Crippen LogP contribution in [0, 0.1) is 0 Å². The molecule has 62 valence electrons. The summed E-state index contributed by atoms with van der Waals surface area (Å²) < 4.78 is 0. The maximum atomic E-state index is 3.19. The molecule has 0 saturated heterocycles. The van der Waals surface area contributed by atoms with E-state index in [1.807, 2.05) is 6.07 Å². The second-order valence-corrected chi connectivity index (χ2v) is 3.02. The molecule has 1 aromatic carbocycles. The van der Waals surface area contributed by atoms with Gasteiger partial charge in [0.2, 0.25) is 5.52 Å². The number of aromatic amines is 2. The SMILES string of the molecule is CCCc1[nH][nH+]c2ccccc12. The molecule has 0 aliphatic rings. The molecule has 0 aliphatic heterocycles. The fraction of sp³-hybridized carbons (Fsp3) is 0.300. The number of fused-ring (bicyclic) bond motifs is 1. The fourth-order valence-corrected chi connectivity index (χ4v) is 1.51. The summed E-state index contributed by atoms with van der Waals surface area (Å²) >= 11 is 0. The minimum atomic E-state index is 1.12. The molecule has 0 radical (unpaired) electrons. The third-order valence-electron chi connectivity index (χ3n) is 2.10. The van der Waals surface area contributed by atoms with E-state index in [4.69, 9.17) is 0 Å². The van der Waals surface area contributed by atoms with Gasteiger partial charge in [-0.3, -0.25) is 0 Å². The molecule has 0 amide bonds. The number of benzene rings is 1. The topological polar surface area (TPSA) is 29.9 Å². The van der Waals surface area contributed by atoms with Crippen molar-refractivity contribution in [1.82, 2.24) is 5.10 Å². The van der Waals surface area contributed by atoms with Gasteiger partial charge in [0.25, 0.3) is 0 Å². The minimum Gasteiger partial charge on any atom is -0.171 e. The zero-order valence-corrected chi connectivity index (χ0v) is 7.22. The highest BCUT2D eigenvalue weighted by atomic mass is 15.1. The summed E-state index contributed by atoms with van der Waals surface area (Å²) in [5.74, 6) is 0. The molecule has 2 heteroatoms. The summed E-state index contributed by atoms with van der Waals surface area (Å²) in [7, 11) is 0. The second kappa shape index (κ2) is 2.97. The first-order chi connectivity index (χ1) is 5.92. The number of nitrogens with one attached hydrogen (secondary N) is 2. The lowest BCUT2D eigenvalue weighted by molar-refractivity contribution is -0.421.